The molecule has 1 fully saturated rings. The molecule has 1 saturated heterocycles. The normalized spacial score (nSPS) is 14.0. The number of alkyl halides is 1. The van der Waals surface area contributed by atoms with Gasteiger partial charge in [-0.1, -0.05) is 89.9 Å². The van der Waals surface area contributed by atoms with Crippen LogP contribution < -0.4 is 0 Å². The number of ketones is 1. The minimum Gasteiger partial charge on any atom is -0.481 e. The number of carbonyl (C=O) groups excluding carboxylic acids is 1. The summed E-state index contributed by atoms with van der Waals surface area (Å²) in [5.74, 6) is 2.15. The van der Waals surface area contributed by atoms with Gasteiger partial charge in [0.25, 0.3) is 0 Å². The van der Waals surface area contributed by atoms with Gasteiger partial charge in [-0.15, -0.1) is 0 Å². The molecular weight excluding hydrogens is 430 g/mol. The van der Waals surface area contributed by atoms with Crippen molar-refractivity contribution in [2.75, 3.05) is 25.5 Å². The van der Waals surface area contributed by atoms with Crippen molar-refractivity contribution < 1.29 is 14.7 Å². The topological polar surface area (TPSA) is 57.6 Å². The first-order valence-corrected chi connectivity index (χ1v) is 11.6. The first kappa shape index (κ1) is 25.1. The predicted octanol–water partition coefficient (Wildman–Crippen LogP) is 5.32. The van der Waals surface area contributed by atoms with Crippen molar-refractivity contribution >= 4 is 27.7 Å². The third kappa shape index (κ3) is 10.4. The van der Waals surface area contributed by atoms with Gasteiger partial charge < -0.3 is 5.11 Å². The summed E-state index contributed by atoms with van der Waals surface area (Å²) in [6.45, 7) is 5.00. The number of hydrogen-bond donors (Lipinski definition) is 1. The highest BCUT2D eigenvalue weighted by atomic mass is 79.9. The van der Waals surface area contributed by atoms with Crippen molar-refractivity contribution in [2.45, 2.75) is 32.6 Å². The Morgan fingerprint density at radius 2 is 1.48 bits per heavy atom. The fourth-order valence-electron chi connectivity index (χ4n) is 3.24. The molecule has 0 atom stereocenters. The Hall–Kier alpha value is -1.98. The number of Topliss-reactive ketones (excluding diaryl/α,β-unsaturated/α-hetero) is 1. The number of carboxylic acids is 1. The molecule has 2 aromatic carbocycles. The third-order valence-corrected chi connectivity index (χ3v) is 4.95. The molecule has 29 heavy (non-hydrogen) atoms. The number of hydrogen-bond acceptors (Lipinski definition) is 3. The van der Waals surface area contributed by atoms with Crippen LogP contribution in [0.5, 0.6) is 0 Å². The summed E-state index contributed by atoms with van der Waals surface area (Å²) in [4.78, 5) is 24.5. The zero-order chi connectivity index (χ0) is 21.5. The van der Waals surface area contributed by atoms with E-state index in [1.165, 1.54) is 19.3 Å². The molecule has 1 aliphatic heterocycles. The summed E-state index contributed by atoms with van der Waals surface area (Å²) in [5.41, 5.74) is 1.68. The first-order valence-electron chi connectivity index (χ1n) is 10.0. The average molecular weight is 462 g/mol. The Balaban J connectivity index is 0.000000299. The van der Waals surface area contributed by atoms with Gasteiger partial charge in [-0.2, -0.15) is 0 Å². The summed E-state index contributed by atoms with van der Waals surface area (Å²) < 4.78 is 0. The fourth-order valence-corrected chi connectivity index (χ4v) is 3.24. The van der Waals surface area contributed by atoms with E-state index >= 15 is 0 Å². The van der Waals surface area contributed by atoms with E-state index in [0.29, 0.717) is 6.54 Å². The van der Waals surface area contributed by atoms with Gasteiger partial charge in [-0.05, 0) is 43.2 Å². The second-order valence-electron chi connectivity index (χ2n) is 6.97. The second kappa shape index (κ2) is 14.9. The highest BCUT2D eigenvalue weighted by Crippen LogP contribution is 2.20. The largest absolute Gasteiger partial charge is 0.481 e. The molecule has 0 aromatic heterocycles. The van der Waals surface area contributed by atoms with Gasteiger partial charge in [0.2, 0.25) is 0 Å². The molecule has 2 aromatic rings. The highest BCUT2D eigenvalue weighted by Gasteiger charge is 2.19. The third-order valence-electron chi connectivity index (χ3n) is 4.95. The van der Waals surface area contributed by atoms with Crippen molar-refractivity contribution in [1.29, 1.82) is 0 Å². The Bertz CT molecular complexity index is 699. The molecule has 3 rings (SSSR count). The van der Waals surface area contributed by atoms with Gasteiger partial charge in [-0.3, -0.25) is 14.5 Å². The fraction of sp³-hybridized carbons (Fsp3) is 0.417. The van der Waals surface area contributed by atoms with Crippen LogP contribution >= 0.6 is 15.9 Å². The number of piperidine rings is 1. The number of aliphatic carboxylic acids is 1. The van der Waals surface area contributed by atoms with Gasteiger partial charge in [0.1, 0.15) is 0 Å². The van der Waals surface area contributed by atoms with E-state index < -0.39 is 5.97 Å². The molecule has 0 radical (unpaired) electrons. The van der Waals surface area contributed by atoms with Crippen LogP contribution in [0.3, 0.4) is 0 Å². The van der Waals surface area contributed by atoms with E-state index in [-0.39, 0.29) is 12.2 Å². The summed E-state index contributed by atoms with van der Waals surface area (Å²) in [7, 11) is 0. The molecular formula is C24H32BrNO3. The SMILES string of the molecule is CBr.CCC1CCN(CC(=O)c2ccccc2)CC1.O=C(O)Cc1ccccc1. The van der Waals surface area contributed by atoms with E-state index in [1.54, 1.807) is 12.1 Å². The van der Waals surface area contributed by atoms with Crippen LogP contribution in [0.4, 0.5) is 0 Å². The number of carboxylic acid groups (broad SMARTS) is 1. The lowest BCUT2D eigenvalue weighted by Crippen LogP contribution is -2.37. The van der Waals surface area contributed by atoms with Crippen LogP contribution in [-0.2, 0) is 11.2 Å². The lowest BCUT2D eigenvalue weighted by Gasteiger charge is -2.30. The quantitative estimate of drug-likeness (QED) is 0.467. The van der Waals surface area contributed by atoms with Crippen molar-refractivity contribution in [2.24, 2.45) is 5.92 Å². The summed E-state index contributed by atoms with van der Waals surface area (Å²) in [6, 6.07) is 18.7. The Labute approximate surface area is 183 Å². The maximum atomic E-state index is 12.0. The van der Waals surface area contributed by atoms with E-state index in [4.69, 9.17) is 5.11 Å². The molecule has 0 saturated carbocycles. The minimum atomic E-state index is -0.786. The molecule has 0 aliphatic carbocycles. The molecule has 1 heterocycles. The zero-order valence-corrected chi connectivity index (χ0v) is 19.0. The van der Waals surface area contributed by atoms with E-state index in [0.717, 1.165) is 30.1 Å². The van der Waals surface area contributed by atoms with E-state index in [1.807, 2.05) is 54.4 Å². The molecule has 0 bridgehead atoms. The van der Waals surface area contributed by atoms with Crippen LogP contribution in [0.15, 0.2) is 60.7 Å². The van der Waals surface area contributed by atoms with Crippen molar-refractivity contribution in [3.63, 3.8) is 0 Å². The van der Waals surface area contributed by atoms with Gasteiger partial charge in [0.05, 0.1) is 13.0 Å². The number of carbonyl (C=O) groups is 2. The maximum absolute atomic E-state index is 12.0. The van der Waals surface area contributed by atoms with Gasteiger partial charge >= 0.3 is 5.97 Å². The van der Waals surface area contributed by atoms with E-state index in [9.17, 15) is 9.59 Å². The minimum absolute atomic E-state index is 0.112. The molecule has 0 spiro atoms. The Morgan fingerprint density at radius 1 is 0.966 bits per heavy atom. The van der Waals surface area contributed by atoms with Crippen LogP contribution in [0, 0.1) is 5.92 Å². The summed E-state index contributed by atoms with van der Waals surface area (Å²) in [6.07, 6.45) is 3.89. The Morgan fingerprint density at radius 3 is 1.97 bits per heavy atom. The smallest absolute Gasteiger partial charge is 0.307 e. The Kier molecular flexibility index (Phi) is 12.9. The number of halogens is 1. The van der Waals surface area contributed by atoms with Crippen molar-refractivity contribution in [3.05, 3.63) is 71.8 Å². The molecule has 4 nitrogen and oxygen atoms in total. The van der Waals surface area contributed by atoms with Gasteiger partial charge in [0, 0.05) is 5.56 Å². The van der Waals surface area contributed by atoms with Crippen LogP contribution in [0.2, 0.25) is 0 Å². The standard InChI is InChI=1S/C15H21NO.C8H8O2.CH3Br/c1-2-13-8-10-16(11-9-13)12-15(17)14-6-4-3-5-7-14;9-8(10)6-7-4-2-1-3-5-7;1-2/h3-7,13H,2,8-12H2,1H3;1-5H,6H2,(H,9,10);1H3. The number of rotatable bonds is 6. The van der Waals surface area contributed by atoms with E-state index in [2.05, 4.69) is 27.8 Å². The zero-order valence-electron chi connectivity index (χ0n) is 17.4. The molecule has 158 valence electrons. The maximum Gasteiger partial charge on any atom is 0.307 e. The molecule has 1 aliphatic rings. The van der Waals surface area contributed by atoms with Crippen LogP contribution in [0.25, 0.3) is 0 Å². The second-order valence-corrected chi connectivity index (χ2v) is 6.97. The molecule has 1 N–H and O–H groups in total. The predicted molar refractivity (Wildman–Crippen MR) is 123 cm³/mol. The molecule has 5 heteroatoms. The van der Waals surface area contributed by atoms with Crippen LogP contribution in [0.1, 0.15) is 42.1 Å². The summed E-state index contributed by atoms with van der Waals surface area (Å²) >= 11 is 2.94. The highest BCUT2D eigenvalue weighted by molar-refractivity contribution is 9.08. The average Bonchev–Trinajstić information content (AvgIpc) is 2.77. The molecule has 0 unspecified atom stereocenters. The number of benzene rings is 2. The monoisotopic (exact) mass is 461 g/mol. The number of nitrogens with zero attached hydrogens (tertiary/aromatic N) is 1. The van der Waals surface area contributed by atoms with Crippen molar-refractivity contribution in [3.8, 4) is 0 Å². The molecule has 0 amide bonds. The van der Waals surface area contributed by atoms with Gasteiger partial charge in [0.15, 0.2) is 5.78 Å². The first-order chi connectivity index (χ1) is 14.1. The van der Waals surface area contributed by atoms with Crippen LogP contribution in [-0.4, -0.2) is 47.2 Å². The lowest BCUT2D eigenvalue weighted by molar-refractivity contribution is -0.136. The van der Waals surface area contributed by atoms with Gasteiger partial charge in [-0.25, -0.2) is 0 Å². The number of likely N-dealkylation sites (tertiary alicyclic amines) is 1. The van der Waals surface area contributed by atoms with Crippen molar-refractivity contribution in [1.82, 2.24) is 4.90 Å². The lowest BCUT2D eigenvalue weighted by atomic mass is 9.94. The summed E-state index contributed by atoms with van der Waals surface area (Å²) in [5, 5.41) is 8.37.